The minimum Gasteiger partial charge on any atom is -0.338 e. The van der Waals surface area contributed by atoms with E-state index in [9.17, 15) is 4.79 Å². The van der Waals surface area contributed by atoms with Gasteiger partial charge in [0.1, 0.15) is 11.0 Å². The Bertz CT molecular complexity index is 791. The van der Waals surface area contributed by atoms with Crippen molar-refractivity contribution in [2.45, 2.75) is 18.9 Å². The first-order chi connectivity index (χ1) is 10.8. The summed E-state index contributed by atoms with van der Waals surface area (Å²) in [5, 5.41) is 8.37. The fraction of sp³-hybridized carbons (Fsp3) is 0.357. The SMILES string of the molecule is O=C(c1ccc2nsnc2c1)N1CCC(n2nccn2)CC1. The molecular weight excluding hydrogens is 300 g/mol. The van der Waals surface area contributed by atoms with E-state index in [-0.39, 0.29) is 11.9 Å². The first-order valence-electron chi connectivity index (χ1n) is 7.19. The van der Waals surface area contributed by atoms with E-state index in [4.69, 9.17) is 0 Å². The fourth-order valence-electron chi connectivity index (χ4n) is 2.81. The van der Waals surface area contributed by atoms with Crippen molar-refractivity contribution in [3.05, 3.63) is 36.2 Å². The molecule has 0 saturated carbocycles. The number of benzene rings is 1. The summed E-state index contributed by atoms with van der Waals surface area (Å²) >= 11 is 1.17. The Morgan fingerprint density at radius 3 is 2.59 bits per heavy atom. The van der Waals surface area contributed by atoms with Gasteiger partial charge in [-0.25, -0.2) is 0 Å². The van der Waals surface area contributed by atoms with Gasteiger partial charge in [-0.2, -0.15) is 23.7 Å². The van der Waals surface area contributed by atoms with Crippen molar-refractivity contribution in [1.82, 2.24) is 28.6 Å². The van der Waals surface area contributed by atoms with Gasteiger partial charge in [0.25, 0.3) is 5.91 Å². The monoisotopic (exact) mass is 314 g/mol. The van der Waals surface area contributed by atoms with Crippen LogP contribution in [0, 0.1) is 0 Å². The van der Waals surface area contributed by atoms with E-state index in [0.29, 0.717) is 5.56 Å². The van der Waals surface area contributed by atoms with Crippen molar-refractivity contribution in [1.29, 1.82) is 0 Å². The Balaban J connectivity index is 1.47. The van der Waals surface area contributed by atoms with Crippen LogP contribution in [0.4, 0.5) is 0 Å². The maximum atomic E-state index is 12.6. The van der Waals surface area contributed by atoms with Crippen molar-refractivity contribution in [3.63, 3.8) is 0 Å². The molecule has 0 N–H and O–H groups in total. The largest absolute Gasteiger partial charge is 0.338 e. The second kappa shape index (κ2) is 5.45. The summed E-state index contributed by atoms with van der Waals surface area (Å²) in [4.78, 5) is 16.2. The van der Waals surface area contributed by atoms with Crippen LogP contribution in [0.15, 0.2) is 30.6 Å². The molecule has 0 bridgehead atoms. The molecule has 7 nitrogen and oxygen atoms in total. The van der Waals surface area contributed by atoms with E-state index in [2.05, 4.69) is 18.9 Å². The van der Waals surface area contributed by atoms with Crippen molar-refractivity contribution in [2.24, 2.45) is 0 Å². The van der Waals surface area contributed by atoms with Crippen LogP contribution >= 0.6 is 11.7 Å². The number of hydrogen-bond donors (Lipinski definition) is 0. The molecule has 2 aromatic heterocycles. The van der Waals surface area contributed by atoms with Crippen molar-refractivity contribution >= 4 is 28.7 Å². The molecule has 112 valence electrons. The molecule has 1 aromatic carbocycles. The standard InChI is InChI=1S/C14H14N6OS/c21-14(10-1-2-12-13(9-10)18-22-17-12)19-7-3-11(4-8-19)20-15-5-6-16-20/h1-2,5-6,9,11H,3-4,7-8H2. The number of nitrogens with zero attached hydrogens (tertiary/aromatic N) is 6. The minimum absolute atomic E-state index is 0.0572. The smallest absolute Gasteiger partial charge is 0.253 e. The molecule has 1 aliphatic heterocycles. The second-order valence-electron chi connectivity index (χ2n) is 5.34. The lowest BCUT2D eigenvalue weighted by Crippen LogP contribution is -2.39. The van der Waals surface area contributed by atoms with Crippen LogP contribution in [-0.2, 0) is 0 Å². The minimum atomic E-state index is 0.0572. The van der Waals surface area contributed by atoms with Gasteiger partial charge < -0.3 is 4.90 Å². The van der Waals surface area contributed by atoms with Crippen molar-refractivity contribution in [2.75, 3.05) is 13.1 Å². The van der Waals surface area contributed by atoms with Crippen LogP contribution in [0.3, 0.4) is 0 Å². The van der Waals surface area contributed by atoms with E-state index in [1.807, 2.05) is 23.1 Å². The topological polar surface area (TPSA) is 76.8 Å². The molecule has 0 spiro atoms. The molecule has 8 heteroatoms. The zero-order valence-corrected chi connectivity index (χ0v) is 12.6. The van der Waals surface area contributed by atoms with E-state index < -0.39 is 0 Å². The van der Waals surface area contributed by atoms with Gasteiger partial charge in [0.15, 0.2) is 0 Å². The number of rotatable bonds is 2. The van der Waals surface area contributed by atoms with Crippen LogP contribution in [0.1, 0.15) is 29.2 Å². The molecule has 22 heavy (non-hydrogen) atoms. The highest BCUT2D eigenvalue weighted by Gasteiger charge is 2.25. The molecule has 3 heterocycles. The molecule has 3 aromatic rings. The van der Waals surface area contributed by atoms with E-state index >= 15 is 0 Å². The molecule has 4 rings (SSSR count). The third-order valence-corrected chi connectivity index (χ3v) is 4.57. The lowest BCUT2D eigenvalue weighted by molar-refractivity contribution is 0.0684. The first kappa shape index (κ1) is 13.3. The predicted octanol–water partition coefficient (Wildman–Crippen LogP) is 1.76. The van der Waals surface area contributed by atoms with Crippen molar-refractivity contribution < 1.29 is 4.79 Å². The van der Waals surface area contributed by atoms with Crippen LogP contribution in [-0.4, -0.2) is 47.6 Å². The maximum Gasteiger partial charge on any atom is 0.253 e. The highest BCUT2D eigenvalue weighted by molar-refractivity contribution is 7.00. The molecule has 0 aliphatic carbocycles. The Morgan fingerprint density at radius 1 is 1.09 bits per heavy atom. The maximum absolute atomic E-state index is 12.6. The molecule has 0 unspecified atom stereocenters. The van der Waals surface area contributed by atoms with Gasteiger partial charge in [0.2, 0.25) is 0 Å². The lowest BCUT2D eigenvalue weighted by atomic mass is 10.0. The summed E-state index contributed by atoms with van der Waals surface area (Å²) in [6.45, 7) is 1.44. The van der Waals surface area contributed by atoms with Crippen LogP contribution < -0.4 is 0 Å². The van der Waals surface area contributed by atoms with Gasteiger partial charge in [0.05, 0.1) is 30.2 Å². The van der Waals surface area contributed by atoms with Crippen LogP contribution in [0.5, 0.6) is 0 Å². The van der Waals surface area contributed by atoms with Crippen molar-refractivity contribution in [3.8, 4) is 0 Å². The molecule has 0 atom stereocenters. The average Bonchev–Trinajstić information content (AvgIpc) is 3.25. The number of piperidine rings is 1. The average molecular weight is 314 g/mol. The van der Waals surface area contributed by atoms with Gasteiger partial charge in [-0.15, -0.1) is 0 Å². The van der Waals surface area contributed by atoms with E-state index in [1.165, 1.54) is 11.7 Å². The Labute approximate surface area is 130 Å². The summed E-state index contributed by atoms with van der Waals surface area (Å²) in [6.07, 6.45) is 5.13. The molecule has 1 amide bonds. The third-order valence-electron chi connectivity index (χ3n) is 4.02. The predicted molar refractivity (Wildman–Crippen MR) is 81.6 cm³/mol. The highest BCUT2D eigenvalue weighted by atomic mass is 32.1. The van der Waals surface area contributed by atoms with Gasteiger partial charge in [-0.1, -0.05) is 0 Å². The normalized spacial score (nSPS) is 16.3. The zero-order chi connectivity index (χ0) is 14.9. The molecule has 1 saturated heterocycles. The number of carbonyl (C=O) groups excluding carboxylic acids is 1. The van der Waals surface area contributed by atoms with Gasteiger partial charge in [0, 0.05) is 18.7 Å². The molecule has 1 fully saturated rings. The number of fused-ring (bicyclic) bond motifs is 1. The number of hydrogen-bond acceptors (Lipinski definition) is 6. The quantitative estimate of drug-likeness (QED) is 0.720. The molecule has 1 aliphatic rings. The summed E-state index contributed by atoms with van der Waals surface area (Å²) in [6, 6.07) is 5.78. The Kier molecular flexibility index (Phi) is 3.30. The summed E-state index contributed by atoms with van der Waals surface area (Å²) in [5.41, 5.74) is 2.30. The Morgan fingerprint density at radius 2 is 1.82 bits per heavy atom. The fourth-order valence-corrected chi connectivity index (χ4v) is 3.33. The summed E-state index contributed by atoms with van der Waals surface area (Å²) < 4.78 is 8.35. The number of carbonyl (C=O) groups is 1. The van der Waals surface area contributed by atoms with Crippen LogP contribution in [0.2, 0.25) is 0 Å². The van der Waals surface area contributed by atoms with Crippen LogP contribution in [0.25, 0.3) is 11.0 Å². The number of likely N-dealkylation sites (tertiary alicyclic amines) is 1. The third kappa shape index (κ3) is 2.35. The summed E-state index contributed by atoms with van der Waals surface area (Å²) in [7, 11) is 0. The Hall–Kier alpha value is -2.35. The molecule has 0 radical (unpaired) electrons. The first-order valence-corrected chi connectivity index (χ1v) is 7.92. The lowest BCUT2D eigenvalue weighted by Gasteiger charge is -2.31. The number of amides is 1. The zero-order valence-electron chi connectivity index (χ0n) is 11.8. The summed E-state index contributed by atoms with van der Waals surface area (Å²) in [5.74, 6) is 0.0572. The highest BCUT2D eigenvalue weighted by Crippen LogP contribution is 2.23. The number of aromatic nitrogens is 5. The van der Waals surface area contributed by atoms with E-state index in [0.717, 1.165) is 37.0 Å². The second-order valence-corrected chi connectivity index (χ2v) is 5.87. The van der Waals surface area contributed by atoms with Gasteiger partial charge in [-0.05, 0) is 31.0 Å². The van der Waals surface area contributed by atoms with Gasteiger partial charge >= 0.3 is 0 Å². The van der Waals surface area contributed by atoms with Gasteiger partial charge in [-0.3, -0.25) is 4.79 Å². The van der Waals surface area contributed by atoms with E-state index in [1.54, 1.807) is 17.2 Å². The molecular formula is C14H14N6OS.